The first kappa shape index (κ1) is 13.1. The molecule has 0 unspecified atom stereocenters. The Labute approximate surface area is 116 Å². The molecule has 0 fully saturated rings. The molecule has 4 heteroatoms. The summed E-state index contributed by atoms with van der Waals surface area (Å²) in [5.74, 6) is 0.772. The van der Waals surface area contributed by atoms with Gasteiger partial charge >= 0.3 is 0 Å². The van der Waals surface area contributed by atoms with Gasteiger partial charge < -0.3 is 5.73 Å². The van der Waals surface area contributed by atoms with Crippen molar-refractivity contribution in [3.63, 3.8) is 0 Å². The van der Waals surface area contributed by atoms with E-state index in [4.69, 9.17) is 5.73 Å². The third-order valence-electron chi connectivity index (χ3n) is 3.14. The predicted molar refractivity (Wildman–Crippen MR) is 79.5 cm³/mol. The summed E-state index contributed by atoms with van der Waals surface area (Å²) in [5.41, 5.74) is 10.6. The molecular formula is C14H18BrN3. The van der Waals surface area contributed by atoms with Gasteiger partial charge in [-0.25, -0.2) is 0 Å². The van der Waals surface area contributed by atoms with E-state index in [-0.39, 0.29) is 0 Å². The van der Waals surface area contributed by atoms with Crippen LogP contribution in [0.15, 0.2) is 22.7 Å². The number of aromatic nitrogens is 2. The van der Waals surface area contributed by atoms with Crippen molar-refractivity contribution in [1.82, 2.24) is 9.78 Å². The third kappa shape index (κ3) is 2.29. The number of hydrogen-bond acceptors (Lipinski definition) is 2. The summed E-state index contributed by atoms with van der Waals surface area (Å²) in [6.45, 7) is 4.26. The Balaban J connectivity index is 2.59. The minimum absolute atomic E-state index is 0.772. The van der Waals surface area contributed by atoms with E-state index in [0.29, 0.717) is 0 Å². The lowest BCUT2D eigenvalue weighted by molar-refractivity contribution is 0.781. The van der Waals surface area contributed by atoms with Gasteiger partial charge in [-0.2, -0.15) is 5.10 Å². The largest absolute Gasteiger partial charge is 0.384 e. The van der Waals surface area contributed by atoms with Crippen molar-refractivity contribution in [2.75, 3.05) is 5.73 Å². The number of aryl methyl sites for hydroxylation is 2. The van der Waals surface area contributed by atoms with E-state index >= 15 is 0 Å². The van der Waals surface area contributed by atoms with Gasteiger partial charge in [0.05, 0.1) is 5.69 Å². The Hall–Kier alpha value is -1.29. The summed E-state index contributed by atoms with van der Waals surface area (Å²) >= 11 is 3.49. The number of nitrogens with two attached hydrogens (primary N) is 1. The molecule has 1 heterocycles. The number of rotatable bonds is 3. The Bertz CT molecular complexity index is 573. The zero-order valence-corrected chi connectivity index (χ0v) is 12.6. The highest BCUT2D eigenvalue weighted by Gasteiger charge is 2.16. The summed E-state index contributed by atoms with van der Waals surface area (Å²) in [4.78, 5) is 0. The molecule has 0 aliphatic heterocycles. The van der Waals surface area contributed by atoms with Crippen LogP contribution >= 0.6 is 15.9 Å². The quantitative estimate of drug-likeness (QED) is 0.939. The van der Waals surface area contributed by atoms with Crippen molar-refractivity contribution in [3.8, 4) is 11.3 Å². The predicted octanol–water partition coefficient (Wildman–Crippen LogP) is 3.69. The highest BCUT2D eigenvalue weighted by molar-refractivity contribution is 9.10. The minimum atomic E-state index is 0.772. The van der Waals surface area contributed by atoms with Gasteiger partial charge in [-0.05, 0) is 31.0 Å². The fraction of sp³-hybridized carbons (Fsp3) is 0.357. The molecule has 18 heavy (non-hydrogen) atoms. The maximum atomic E-state index is 6.10. The van der Waals surface area contributed by atoms with E-state index < -0.39 is 0 Å². The molecule has 0 bridgehead atoms. The van der Waals surface area contributed by atoms with Crippen LogP contribution in [0.1, 0.15) is 24.5 Å². The Morgan fingerprint density at radius 3 is 2.72 bits per heavy atom. The number of halogens is 1. The van der Waals surface area contributed by atoms with Crippen LogP contribution in [0.2, 0.25) is 0 Å². The number of anilines is 1. The summed E-state index contributed by atoms with van der Waals surface area (Å²) in [6, 6.07) is 6.25. The molecule has 96 valence electrons. The molecule has 2 rings (SSSR count). The van der Waals surface area contributed by atoms with Gasteiger partial charge in [-0.3, -0.25) is 4.68 Å². The number of nitrogen functional groups attached to an aromatic ring is 1. The van der Waals surface area contributed by atoms with Crippen LogP contribution < -0.4 is 5.73 Å². The molecular weight excluding hydrogens is 290 g/mol. The van der Waals surface area contributed by atoms with E-state index in [0.717, 1.165) is 40.0 Å². The van der Waals surface area contributed by atoms with Gasteiger partial charge in [-0.1, -0.05) is 35.3 Å². The molecule has 3 nitrogen and oxygen atoms in total. The van der Waals surface area contributed by atoms with Gasteiger partial charge in [0, 0.05) is 22.6 Å². The van der Waals surface area contributed by atoms with Crippen LogP contribution in [0.25, 0.3) is 11.3 Å². The lowest BCUT2D eigenvalue weighted by Gasteiger charge is -2.06. The van der Waals surface area contributed by atoms with E-state index in [2.05, 4.69) is 47.0 Å². The maximum absolute atomic E-state index is 6.10. The van der Waals surface area contributed by atoms with Gasteiger partial charge in [0.15, 0.2) is 0 Å². The standard InChI is InChI=1S/C14H18BrN3/c1-4-5-12-13(17-18(3)14(12)16)11-7-6-10(15)8-9(11)2/h6-8H,4-5,16H2,1-3H3. The highest BCUT2D eigenvalue weighted by Crippen LogP contribution is 2.31. The second kappa shape index (κ2) is 5.14. The molecule has 1 aromatic carbocycles. The fourth-order valence-electron chi connectivity index (χ4n) is 2.19. The van der Waals surface area contributed by atoms with Crippen molar-refractivity contribution in [1.29, 1.82) is 0 Å². The SMILES string of the molecule is CCCc1c(-c2ccc(Br)cc2C)nn(C)c1N. The molecule has 2 N–H and O–H groups in total. The second-order valence-corrected chi connectivity index (χ2v) is 5.46. The van der Waals surface area contributed by atoms with Crippen molar-refractivity contribution < 1.29 is 0 Å². The van der Waals surface area contributed by atoms with E-state index in [1.165, 1.54) is 5.56 Å². The zero-order chi connectivity index (χ0) is 13.3. The summed E-state index contributed by atoms with van der Waals surface area (Å²) in [5, 5.41) is 4.57. The highest BCUT2D eigenvalue weighted by atomic mass is 79.9. The summed E-state index contributed by atoms with van der Waals surface area (Å²) in [7, 11) is 1.90. The number of nitrogens with zero attached hydrogens (tertiary/aromatic N) is 2. The topological polar surface area (TPSA) is 43.8 Å². The number of benzene rings is 1. The molecule has 0 atom stereocenters. The average Bonchev–Trinajstić information content (AvgIpc) is 2.58. The van der Waals surface area contributed by atoms with Crippen LogP contribution in [0.4, 0.5) is 5.82 Å². The van der Waals surface area contributed by atoms with Gasteiger partial charge in [0.2, 0.25) is 0 Å². The van der Waals surface area contributed by atoms with Crippen molar-refractivity contribution in [3.05, 3.63) is 33.8 Å². The van der Waals surface area contributed by atoms with Gasteiger partial charge in [0.25, 0.3) is 0 Å². The normalized spacial score (nSPS) is 10.9. The first-order valence-corrected chi connectivity index (χ1v) is 6.91. The minimum Gasteiger partial charge on any atom is -0.384 e. The molecule has 0 saturated heterocycles. The van der Waals surface area contributed by atoms with Crippen LogP contribution in [0.5, 0.6) is 0 Å². The van der Waals surface area contributed by atoms with Crippen LogP contribution in [-0.2, 0) is 13.5 Å². The molecule has 0 saturated carbocycles. The monoisotopic (exact) mass is 307 g/mol. The molecule has 0 radical (unpaired) electrons. The average molecular weight is 308 g/mol. The molecule has 0 aliphatic rings. The summed E-state index contributed by atoms with van der Waals surface area (Å²) in [6.07, 6.45) is 2.03. The molecule has 0 amide bonds. The molecule has 2 aromatic rings. The zero-order valence-electron chi connectivity index (χ0n) is 11.0. The Morgan fingerprint density at radius 2 is 2.11 bits per heavy atom. The smallest absolute Gasteiger partial charge is 0.125 e. The van der Waals surface area contributed by atoms with Crippen molar-refractivity contribution in [2.24, 2.45) is 7.05 Å². The summed E-state index contributed by atoms with van der Waals surface area (Å²) < 4.78 is 2.85. The number of hydrogen-bond donors (Lipinski definition) is 1. The van der Waals surface area contributed by atoms with Crippen molar-refractivity contribution >= 4 is 21.7 Å². The second-order valence-electron chi connectivity index (χ2n) is 4.55. The van der Waals surface area contributed by atoms with E-state index in [9.17, 15) is 0 Å². The molecule has 1 aromatic heterocycles. The van der Waals surface area contributed by atoms with Gasteiger partial charge in [-0.15, -0.1) is 0 Å². The first-order chi connectivity index (χ1) is 8.54. The molecule has 0 spiro atoms. The van der Waals surface area contributed by atoms with E-state index in [1.807, 2.05) is 13.1 Å². The van der Waals surface area contributed by atoms with Crippen LogP contribution in [0, 0.1) is 6.92 Å². The molecule has 0 aliphatic carbocycles. The van der Waals surface area contributed by atoms with Crippen LogP contribution in [0.3, 0.4) is 0 Å². The lowest BCUT2D eigenvalue weighted by atomic mass is 10.0. The Kier molecular flexibility index (Phi) is 3.76. The lowest BCUT2D eigenvalue weighted by Crippen LogP contribution is -1.99. The first-order valence-electron chi connectivity index (χ1n) is 6.12. The van der Waals surface area contributed by atoms with Crippen LogP contribution in [-0.4, -0.2) is 9.78 Å². The van der Waals surface area contributed by atoms with E-state index in [1.54, 1.807) is 4.68 Å². The van der Waals surface area contributed by atoms with Gasteiger partial charge in [0.1, 0.15) is 5.82 Å². The Morgan fingerprint density at radius 1 is 1.39 bits per heavy atom. The maximum Gasteiger partial charge on any atom is 0.125 e. The fourth-order valence-corrected chi connectivity index (χ4v) is 2.66. The third-order valence-corrected chi connectivity index (χ3v) is 3.63. The van der Waals surface area contributed by atoms with Crippen molar-refractivity contribution in [2.45, 2.75) is 26.7 Å².